The van der Waals surface area contributed by atoms with Gasteiger partial charge in [0.1, 0.15) is 5.75 Å². The molecule has 0 radical (unpaired) electrons. The molecule has 3 heterocycles. The number of ether oxygens (including phenoxy) is 3. The Hall–Kier alpha value is -2.37. The molecule has 280 valence electrons. The summed E-state index contributed by atoms with van der Waals surface area (Å²) in [5, 5.41) is 0.0311. The van der Waals surface area contributed by atoms with Crippen LogP contribution in [0.4, 0.5) is 5.69 Å². The van der Waals surface area contributed by atoms with Crippen molar-refractivity contribution < 1.29 is 27.4 Å². The molecule has 1 amide bonds. The van der Waals surface area contributed by atoms with E-state index < -0.39 is 21.2 Å². The fourth-order valence-corrected chi connectivity index (χ4v) is 11.2. The summed E-state index contributed by atoms with van der Waals surface area (Å²) < 4.78 is 49.4. The van der Waals surface area contributed by atoms with Gasteiger partial charge in [-0.3, -0.25) is 9.69 Å². The van der Waals surface area contributed by atoms with E-state index in [1.54, 1.807) is 13.0 Å². The van der Waals surface area contributed by atoms with Gasteiger partial charge in [0.2, 0.25) is 10.0 Å². The minimum atomic E-state index is -3.91. The molecule has 9 nitrogen and oxygen atoms in total. The average molecular weight is 742 g/mol. The normalized spacial score (nSPS) is 34.0. The smallest absolute Gasteiger partial charge is 0.264 e. The monoisotopic (exact) mass is 741 g/mol. The van der Waals surface area contributed by atoms with Crippen molar-refractivity contribution >= 4 is 33.2 Å². The van der Waals surface area contributed by atoms with Crippen molar-refractivity contribution in [3.05, 3.63) is 58.1 Å². The number of nitrogens with zero attached hydrogens (tertiary/aromatic N) is 2. The molecule has 2 bridgehead atoms. The largest absolute Gasteiger partial charge is 0.490 e. The summed E-state index contributed by atoms with van der Waals surface area (Å²) in [5.41, 5.74) is 3.49. The Balaban J connectivity index is 1.25. The first-order valence-electron chi connectivity index (χ1n) is 19.4. The maximum atomic E-state index is 13.6. The lowest BCUT2D eigenvalue weighted by molar-refractivity contribution is -0.243. The molecule has 1 spiro atoms. The first kappa shape index (κ1) is 37.0. The van der Waals surface area contributed by atoms with Crippen molar-refractivity contribution in [3.63, 3.8) is 0 Å². The zero-order valence-electron chi connectivity index (χ0n) is 30.7. The van der Waals surface area contributed by atoms with Gasteiger partial charge >= 0.3 is 0 Å². The molecule has 2 fully saturated rings. The van der Waals surface area contributed by atoms with E-state index in [4.69, 9.17) is 25.8 Å². The van der Waals surface area contributed by atoms with Gasteiger partial charge in [-0.05, 0) is 124 Å². The molecular formula is C40H56ClN3O6S. The number of carbonyl (C=O) groups excluding carboxylic acids is 1. The molecule has 6 atom stereocenters. The summed E-state index contributed by atoms with van der Waals surface area (Å²) >= 11 is 6.49. The number of hydrogen-bond acceptors (Lipinski definition) is 8. The first-order chi connectivity index (χ1) is 24.5. The molecule has 2 aromatic rings. The lowest BCUT2D eigenvalue weighted by atomic mass is 9.64. The summed E-state index contributed by atoms with van der Waals surface area (Å²) in [4.78, 5) is 18.4. The van der Waals surface area contributed by atoms with E-state index in [1.807, 2.05) is 25.1 Å². The van der Waals surface area contributed by atoms with Gasteiger partial charge in [-0.1, -0.05) is 44.9 Å². The van der Waals surface area contributed by atoms with Crippen LogP contribution < -0.4 is 14.4 Å². The minimum Gasteiger partial charge on any atom is -0.490 e. The minimum absolute atomic E-state index is 0.123. The van der Waals surface area contributed by atoms with E-state index in [0.717, 1.165) is 94.0 Å². The van der Waals surface area contributed by atoms with Crippen LogP contribution in [0.15, 0.2) is 36.4 Å². The van der Waals surface area contributed by atoms with Gasteiger partial charge in [-0.25, -0.2) is 13.1 Å². The average Bonchev–Trinajstić information content (AvgIpc) is 3.26. The van der Waals surface area contributed by atoms with E-state index in [0.29, 0.717) is 37.2 Å². The van der Waals surface area contributed by atoms with Gasteiger partial charge in [0.15, 0.2) is 6.29 Å². The summed E-state index contributed by atoms with van der Waals surface area (Å²) in [5.74, 6) is 1.05. The zero-order chi connectivity index (χ0) is 35.9. The van der Waals surface area contributed by atoms with Crippen LogP contribution in [0, 0.1) is 23.7 Å². The van der Waals surface area contributed by atoms with Gasteiger partial charge in [0.25, 0.3) is 5.91 Å². The second-order valence-corrected chi connectivity index (χ2v) is 18.4. The highest BCUT2D eigenvalue weighted by Gasteiger charge is 2.47. The van der Waals surface area contributed by atoms with Gasteiger partial charge in [-0.2, -0.15) is 0 Å². The molecule has 1 saturated carbocycles. The predicted molar refractivity (Wildman–Crippen MR) is 201 cm³/mol. The Morgan fingerprint density at radius 1 is 0.980 bits per heavy atom. The van der Waals surface area contributed by atoms with Crippen LogP contribution in [0.25, 0.3) is 0 Å². The molecule has 0 aromatic heterocycles. The SMILES string of the molecule is CCN(CC)[C@H]1CO[C@@H]([C@@H]2CCC[C@H](C)[C@@H](C)S(=O)(=O)NC(=O)c3ccc4c(c3)N(C[C@@H]3CC[C@H]32)C[C@@]2(CCCc3cc(Cl)ccc32)CO4)OC1. The highest BCUT2D eigenvalue weighted by atomic mass is 35.5. The molecule has 5 aliphatic rings. The van der Waals surface area contributed by atoms with Crippen LogP contribution in [0.1, 0.15) is 94.1 Å². The molecule has 1 saturated heterocycles. The standard InChI is InChI=1S/C40H56ClN3O6S/c1-5-43(6-2)32-22-48-39(49-23-32)34-11-7-9-26(3)27(4)51(46,47)42-38(45)29-13-17-37-36(20-29)44(21-30-12-15-33(30)34)24-40(25-50-37)18-8-10-28-19-31(41)14-16-35(28)40/h13-14,16-17,19-20,26-27,30,32-34,39H,5-12,15,18,21-25H2,1-4H3,(H,42,45)/t26-,27+,30-,32-,33+,34+,39+,40-/m0/s1. The lowest BCUT2D eigenvalue weighted by Crippen LogP contribution is -2.53. The molecule has 2 aliphatic carbocycles. The second-order valence-electron chi connectivity index (χ2n) is 16.0. The first-order valence-corrected chi connectivity index (χ1v) is 21.3. The van der Waals surface area contributed by atoms with Crippen molar-refractivity contribution in [2.75, 3.05) is 50.9 Å². The zero-order valence-corrected chi connectivity index (χ0v) is 32.3. The van der Waals surface area contributed by atoms with Crippen molar-refractivity contribution in [2.24, 2.45) is 23.7 Å². The maximum absolute atomic E-state index is 13.6. The molecule has 1 N–H and O–H groups in total. The Morgan fingerprint density at radius 3 is 2.49 bits per heavy atom. The van der Waals surface area contributed by atoms with E-state index in [2.05, 4.69) is 40.5 Å². The van der Waals surface area contributed by atoms with Crippen LogP contribution in [-0.4, -0.2) is 82.8 Å². The summed E-state index contributed by atoms with van der Waals surface area (Å²) in [6.45, 7) is 13.4. The fraction of sp³-hybridized carbons (Fsp3) is 0.675. The van der Waals surface area contributed by atoms with E-state index in [9.17, 15) is 13.2 Å². The maximum Gasteiger partial charge on any atom is 0.264 e. The number of fused-ring (bicyclic) bond motifs is 4. The van der Waals surface area contributed by atoms with E-state index >= 15 is 0 Å². The van der Waals surface area contributed by atoms with Crippen LogP contribution in [-0.2, 0) is 31.3 Å². The number of nitrogens with one attached hydrogen (secondary N) is 1. The molecule has 7 rings (SSSR count). The molecular weight excluding hydrogens is 686 g/mol. The fourth-order valence-electron chi connectivity index (χ4n) is 9.68. The Kier molecular flexibility index (Phi) is 11.0. The number of anilines is 1. The van der Waals surface area contributed by atoms with Crippen LogP contribution in [0.3, 0.4) is 0 Å². The summed E-state index contributed by atoms with van der Waals surface area (Å²) in [6, 6.07) is 11.9. The number of aryl methyl sites for hydroxylation is 1. The van der Waals surface area contributed by atoms with Gasteiger partial charge in [-0.15, -0.1) is 0 Å². The number of sulfonamides is 1. The number of rotatable bonds is 4. The van der Waals surface area contributed by atoms with Crippen LogP contribution in [0.2, 0.25) is 5.02 Å². The lowest BCUT2D eigenvalue weighted by Gasteiger charge is -2.49. The number of likely N-dealkylation sites (N-methyl/N-ethyl adjacent to an activating group) is 1. The Morgan fingerprint density at radius 2 is 1.76 bits per heavy atom. The molecule has 0 unspecified atom stereocenters. The topological polar surface area (TPSA) is 97.4 Å². The van der Waals surface area contributed by atoms with Crippen molar-refractivity contribution in [3.8, 4) is 5.75 Å². The van der Waals surface area contributed by atoms with E-state index in [-0.39, 0.29) is 29.6 Å². The molecule has 3 aliphatic heterocycles. The van der Waals surface area contributed by atoms with E-state index in [1.165, 1.54) is 11.1 Å². The number of halogens is 1. The predicted octanol–water partition coefficient (Wildman–Crippen LogP) is 6.81. The third-order valence-corrected chi connectivity index (χ3v) is 15.2. The molecule has 11 heteroatoms. The quantitative estimate of drug-likeness (QED) is 0.366. The Labute approximate surface area is 309 Å². The van der Waals surface area contributed by atoms with Crippen molar-refractivity contribution in [1.29, 1.82) is 0 Å². The molecule has 2 aromatic carbocycles. The second kappa shape index (κ2) is 15.2. The van der Waals surface area contributed by atoms with Gasteiger partial charge in [0, 0.05) is 35.0 Å². The number of amides is 1. The van der Waals surface area contributed by atoms with Crippen molar-refractivity contribution in [2.45, 2.75) is 102 Å². The summed E-state index contributed by atoms with van der Waals surface area (Å²) in [6.07, 6.45) is 7.51. The van der Waals surface area contributed by atoms with Gasteiger partial charge < -0.3 is 19.1 Å². The highest BCUT2D eigenvalue weighted by molar-refractivity contribution is 7.90. The number of carbonyl (C=O) groups is 1. The highest BCUT2D eigenvalue weighted by Crippen LogP contribution is 2.49. The van der Waals surface area contributed by atoms with Gasteiger partial charge in [0.05, 0.1) is 36.8 Å². The Bertz CT molecular complexity index is 1680. The number of hydrogen-bond donors (Lipinski definition) is 1. The van der Waals surface area contributed by atoms with Crippen LogP contribution >= 0.6 is 11.6 Å². The number of benzene rings is 2. The van der Waals surface area contributed by atoms with Crippen LogP contribution in [0.5, 0.6) is 5.75 Å². The third kappa shape index (κ3) is 7.42. The molecule has 51 heavy (non-hydrogen) atoms. The third-order valence-electron chi connectivity index (χ3n) is 13.1. The van der Waals surface area contributed by atoms with Crippen molar-refractivity contribution in [1.82, 2.24) is 9.62 Å². The summed E-state index contributed by atoms with van der Waals surface area (Å²) in [7, 11) is -3.91.